The van der Waals surface area contributed by atoms with E-state index in [4.69, 9.17) is 4.74 Å². The molecule has 1 N–H and O–H groups in total. The van der Waals surface area contributed by atoms with E-state index in [1.807, 2.05) is 4.90 Å². The van der Waals surface area contributed by atoms with E-state index in [0.29, 0.717) is 31.1 Å². The quantitative estimate of drug-likeness (QED) is 0.829. The number of carbonyl (C=O) groups excluding carboxylic acids is 3. The Morgan fingerprint density at radius 2 is 1.96 bits per heavy atom. The highest BCUT2D eigenvalue weighted by Gasteiger charge is 2.29. The summed E-state index contributed by atoms with van der Waals surface area (Å²) in [4.78, 5) is 38.0. The number of imide groups is 1. The lowest BCUT2D eigenvalue weighted by atomic mass is 9.97. The standard InChI is InChI=1S/C18H22FN3O4/c1-12(23)26-11-13-4-7-21(8-5-13)16-10-14(19)2-3-15(16)22-9-6-17(24)20-18(22)25/h2-3,10,13H,4-9,11H2,1H3,(H,20,24,25). The molecule has 0 spiro atoms. The van der Waals surface area contributed by atoms with Crippen LogP contribution >= 0.6 is 0 Å². The van der Waals surface area contributed by atoms with Crippen molar-refractivity contribution in [2.24, 2.45) is 5.92 Å². The van der Waals surface area contributed by atoms with Gasteiger partial charge in [0.15, 0.2) is 0 Å². The Kier molecular flexibility index (Phi) is 5.39. The third-order valence-corrected chi connectivity index (χ3v) is 4.76. The van der Waals surface area contributed by atoms with Gasteiger partial charge in [-0.3, -0.25) is 19.8 Å². The molecule has 0 aromatic heterocycles. The molecule has 0 aliphatic carbocycles. The molecule has 3 amide bonds. The molecule has 0 unspecified atom stereocenters. The van der Waals surface area contributed by atoms with Crippen molar-refractivity contribution in [3.8, 4) is 0 Å². The fraction of sp³-hybridized carbons (Fsp3) is 0.500. The molecular formula is C18H22FN3O4. The minimum Gasteiger partial charge on any atom is -0.466 e. The molecule has 0 radical (unpaired) electrons. The average molecular weight is 363 g/mol. The van der Waals surface area contributed by atoms with Crippen LogP contribution in [0.4, 0.5) is 20.6 Å². The van der Waals surface area contributed by atoms with E-state index in [1.165, 1.54) is 24.0 Å². The van der Waals surface area contributed by atoms with Gasteiger partial charge in [0.25, 0.3) is 0 Å². The van der Waals surface area contributed by atoms with Crippen LogP contribution in [-0.2, 0) is 14.3 Å². The van der Waals surface area contributed by atoms with Crippen molar-refractivity contribution in [2.75, 3.05) is 36.0 Å². The van der Waals surface area contributed by atoms with Gasteiger partial charge in [-0.1, -0.05) is 0 Å². The van der Waals surface area contributed by atoms with Gasteiger partial charge in [-0.05, 0) is 37.0 Å². The molecule has 140 valence electrons. The first kappa shape index (κ1) is 18.2. The minimum atomic E-state index is -0.487. The fourth-order valence-corrected chi connectivity index (χ4v) is 3.35. The van der Waals surface area contributed by atoms with Gasteiger partial charge >= 0.3 is 12.0 Å². The lowest BCUT2D eigenvalue weighted by Gasteiger charge is -2.37. The molecule has 0 bridgehead atoms. The van der Waals surface area contributed by atoms with Crippen LogP contribution in [0.1, 0.15) is 26.2 Å². The number of anilines is 2. The van der Waals surface area contributed by atoms with Crippen LogP contribution in [0.25, 0.3) is 0 Å². The van der Waals surface area contributed by atoms with Gasteiger partial charge in [0.1, 0.15) is 5.82 Å². The number of nitrogens with one attached hydrogen (secondary N) is 1. The summed E-state index contributed by atoms with van der Waals surface area (Å²) in [7, 11) is 0. The van der Waals surface area contributed by atoms with E-state index in [2.05, 4.69) is 5.32 Å². The molecule has 2 heterocycles. The normalized spacial score (nSPS) is 18.7. The number of nitrogens with zero attached hydrogens (tertiary/aromatic N) is 2. The van der Waals surface area contributed by atoms with Crippen LogP contribution in [0, 0.1) is 11.7 Å². The van der Waals surface area contributed by atoms with Crippen LogP contribution in [0.3, 0.4) is 0 Å². The molecule has 8 heteroatoms. The summed E-state index contributed by atoms with van der Waals surface area (Å²) in [5, 5.41) is 2.29. The van der Waals surface area contributed by atoms with Crippen LogP contribution in [-0.4, -0.2) is 44.1 Å². The highest BCUT2D eigenvalue weighted by Crippen LogP contribution is 2.34. The monoisotopic (exact) mass is 363 g/mol. The number of hydrogen-bond acceptors (Lipinski definition) is 5. The third kappa shape index (κ3) is 4.12. The summed E-state index contributed by atoms with van der Waals surface area (Å²) >= 11 is 0. The second kappa shape index (κ2) is 7.72. The SMILES string of the molecule is CC(=O)OCC1CCN(c2cc(F)ccc2N2CCC(=O)NC2=O)CC1. The largest absolute Gasteiger partial charge is 0.466 e. The molecule has 0 saturated carbocycles. The Morgan fingerprint density at radius 3 is 2.62 bits per heavy atom. The number of hydrogen-bond donors (Lipinski definition) is 1. The second-order valence-corrected chi connectivity index (χ2v) is 6.62. The second-order valence-electron chi connectivity index (χ2n) is 6.62. The lowest BCUT2D eigenvalue weighted by molar-refractivity contribution is -0.142. The van der Waals surface area contributed by atoms with Crippen LogP contribution in [0.2, 0.25) is 0 Å². The first-order chi connectivity index (χ1) is 12.4. The maximum atomic E-state index is 13.9. The van der Waals surface area contributed by atoms with Gasteiger partial charge in [-0.25, -0.2) is 9.18 Å². The molecular weight excluding hydrogens is 341 g/mol. The first-order valence-corrected chi connectivity index (χ1v) is 8.73. The number of benzene rings is 1. The minimum absolute atomic E-state index is 0.215. The number of rotatable bonds is 4. The lowest BCUT2D eigenvalue weighted by Crippen LogP contribution is -2.50. The number of halogens is 1. The number of piperidine rings is 1. The molecule has 2 aliphatic rings. The maximum absolute atomic E-state index is 13.9. The van der Waals surface area contributed by atoms with Crippen molar-refractivity contribution < 1.29 is 23.5 Å². The van der Waals surface area contributed by atoms with Crippen molar-refractivity contribution >= 4 is 29.3 Å². The first-order valence-electron chi connectivity index (χ1n) is 8.73. The van der Waals surface area contributed by atoms with Gasteiger partial charge in [0.2, 0.25) is 5.91 Å². The molecule has 2 fully saturated rings. The van der Waals surface area contributed by atoms with Crippen molar-refractivity contribution in [1.29, 1.82) is 0 Å². The average Bonchev–Trinajstić information content (AvgIpc) is 2.61. The summed E-state index contributed by atoms with van der Waals surface area (Å²) < 4.78 is 18.9. The van der Waals surface area contributed by atoms with E-state index >= 15 is 0 Å². The van der Waals surface area contributed by atoms with E-state index in [9.17, 15) is 18.8 Å². The summed E-state index contributed by atoms with van der Waals surface area (Å²) in [6.45, 7) is 3.41. The Bertz CT molecular complexity index is 716. The van der Waals surface area contributed by atoms with Gasteiger partial charge in [-0.2, -0.15) is 0 Å². The van der Waals surface area contributed by atoms with Crippen molar-refractivity contribution in [1.82, 2.24) is 5.32 Å². The van der Waals surface area contributed by atoms with E-state index in [-0.39, 0.29) is 36.6 Å². The zero-order valence-electron chi connectivity index (χ0n) is 14.7. The number of amides is 3. The summed E-state index contributed by atoms with van der Waals surface area (Å²) in [6, 6.07) is 3.82. The molecule has 1 aromatic carbocycles. The van der Waals surface area contributed by atoms with E-state index < -0.39 is 6.03 Å². The topological polar surface area (TPSA) is 79.0 Å². The number of carbonyl (C=O) groups is 3. The van der Waals surface area contributed by atoms with Crippen LogP contribution in [0.5, 0.6) is 0 Å². The smallest absolute Gasteiger partial charge is 0.328 e. The Labute approximate surface area is 151 Å². The Morgan fingerprint density at radius 1 is 1.23 bits per heavy atom. The number of urea groups is 1. The zero-order chi connectivity index (χ0) is 18.7. The van der Waals surface area contributed by atoms with Crippen LogP contribution < -0.4 is 15.1 Å². The predicted molar refractivity (Wildman–Crippen MR) is 93.5 cm³/mol. The zero-order valence-corrected chi connectivity index (χ0v) is 14.7. The van der Waals surface area contributed by atoms with Gasteiger partial charge < -0.3 is 9.64 Å². The van der Waals surface area contributed by atoms with Gasteiger partial charge in [0, 0.05) is 33.0 Å². The highest BCUT2D eigenvalue weighted by molar-refractivity contribution is 6.07. The summed E-state index contributed by atoms with van der Waals surface area (Å²) in [5.74, 6) is -0.686. The Balaban J connectivity index is 1.74. The maximum Gasteiger partial charge on any atom is 0.328 e. The summed E-state index contributed by atoms with van der Waals surface area (Å²) in [6.07, 6.45) is 1.84. The molecule has 1 aromatic rings. The van der Waals surface area contributed by atoms with Gasteiger partial charge in [0.05, 0.1) is 18.0 Å². The van der Waals surface area contributed by atoms with Crippen molar-refractivity contribution in [2.45, 2.75) is 26.2 Å². The molecule has 3 rings (SSSR count). The van der Waals surface area contributed by atoms with Gasteiger partial charge in [-0.15, -0.1) is 0 Å². The van der Waals surface area contributed by atoms with Crippen molar-refractivity contribution in [3.05, 3.63) is 24.0 Å². The molecule has 7 nitrogen and oxygen atoms in total. The molecule has 0 atom stereocenters. The molecule has 2 saturated heterocycles. The van der Waals surface area contributed by atoms with E-state index in [1.54, 1.807) is 6.07 Å². The number of esters is 1. The molecule has 26 heavy (non-hydrogen) atoms. The van der Waals surface area contributed by atoms with Crippen LogP contribution in [0.15, 0.2) is 18.2 Å². The van der Waals surface area contributed by atoms with Crippen molar-refractivity contribution in [3.63, 3.8) is 0 Å². The number of ether oxygens (including phenoxy) is 1. The van der Waals surface area contributed by atoms with E-state index in [0.717, 1.165) is 12.8 Å². The Hall–Kier alpha value is -2.64. The summed E-state index contributed by atoms with van der Waals surface area (Å²) in [5.41, 5.74) is 1.23. The third-order valence-electron chi connectivity index (χ3n) is 4.76. The predicted octanol–water partition coefficient (Wildman–Crippen LogP) is 2.05. The fourth-order valence-electron chi connectivity index (χ4n) is 3.35. The highest BCUT2D eigenvalue weighted by atomic mass is 19.1. The molecule has 2 aliphatic heterocycles.